The Labute approximate surface area is 114 Å². The van der Waals surface area contributed by atoms with E-state index in [0.717, 1.165) is 23.8 Å². The van der Waals surface area contributed by atoms with Gasteiger partial charge in [-0.1, -0.05) is 24.6 Å². The Morgan fingerprint density at radius 3 is 2.53 bits per heavy atom. The Balaban J connectivity index is 2.43. The highest BCUT2D eigenvalue weighted by Gasteiger charge is 2.10. The molecule has 0 aliphatic heterocycles. The SMILES string of the molecule is CCc1nc(N)cc(N(C)c2ccc(C)cc2C)n1. The van der Waals surface area contributed by atoms with Gasteiger partial charge in [-0.25, -0.2) is 9.97 Å². The Bertz CT molecular complexity index is 593. The topological polar surface area (TPSA) is 55.0 Å². The van der Waals surface area contributed by atoms with Crippen LogP contribution in [0, 0.1) is 13.8 Å². The van der Waals surface area contributed by atoms with Crippen LogP contribution < -0.4 is 10.6 Å². The number of hydrogen-bond donors (Lipinski definition) is 1. The number of nitrogens with zero attached hydrogens (tertiary/aromatic N) is 3. The molecule has 0 radical (unpaired) electrons. The quantitative estimate of drug-likeness (QED) is 0.917. The van der Waals surface area contributed by atoms with E-state index < -0.39 is 0 Å². The molecule has 0 amide bonds. The summed E-state index contributed by atoms with van der Waals surface area (Å²) in [6.45, 7) is 6.22. The Morgan fingerprint density at radius 2 is 1.89 bits per heavy atom. The van der Waals surface area contributed by atoms with E-state index >= 15 is 0 Å². The third-order valence-electron chi connectivity index (χ3n) is 3.15. The number of rotatable bonds is 3. The van der Waals surface area contributed by atoms with Crippen molar-refractivity contribution in [1.29, 1.82) is 0 Å². The first-order valence-corrected chi connectivity index (χ1v) is 6.45. The second-order valence-electron chi connectivity index (χ2n) is 4.77. The summed E-state index contributed by atoms with van der Waals surface area (Å²) >= 11 is 0. The van der Waals surface area contributed by atoms with Gasteiger partial charge in [0.25, 0.3) is 0 Å². The number of aryl methyl sites for hydroxylation is 3. The van der Waals surface area contributed by atoms with Gasteiger partial charge in [-0.2, -0.15) is 0 Å². The van der Waals surface area contributed by atoms with E-state index in [4.69, 9.17) is 5.73 Å². The molecule has 0 unspecified atom stereocenters. The molecule has 100 valence electrons. The van der Waals surface area contributed by atoms with Crippen molar-refractivity contribution in [3.05, 3.63) is 41.2 Å². The Kier molecular flexibility index (Phi) is 3.69. The molecule has 4 nitrogen and oxygen atoms in total. The van der Waals surface area contributed by atoms with Crippen LogP contribution in [-0.2, 0) is 6.42 Å². The fourth-order valence-corrected chi connectivity index (χ4v) is 2.14. The normalized spacial score (nSPS) is 10.5. The third kappa shape index (κ3) is 2.84. The number of anilines is 3. The third-order valence-corrected chi connectivity index (χ3v) is 3.15. The molecule has 1 aromatic carbocycles. The van der Waals surface area contributed by atoms with Crippen molar-refractivity contribution < 1.29 is 0 Å². The molecule has 0 fully saturated rings. The lowest BCUT2D eigenvalue weighted by molar-refractivity contribution is 0.930. The summed E-state index contributed by atoms with van der Waals surface area (Å²) in [5.41, 5.74) is 9.44. The number of hydrogen-bond acceptors (Lipinski definition) is 4. The van der Waals surface area contributed by atoms with Crippen molar-refractivity contribution in [3.8, 4) is 0 Å². The minimum atomic E-state index is 0.512. The Morgan fingerprint density at radius 1 is 1.16 bits per heavy atom. The molecule has 0 spiro atoms. The molecule has 0 saturated heterocycles. The van der Waals surface area contributed by atoms with E-state index in [9.17, 15) is 0 Å². The molecule has 0 bridgehead atoms. The molecule has 19 heavy (non-hydrogen) atoms. The van der Waals surface area contributed by atoms with Gasteiger partial charge in [0.1, 0.15) is 17.5 Å². The van der Waals surface area contributed by atoms with Gasteiger partial charge in [-0.3, -0.25) is 0 Å². The van der Waals surface area contributed by atoms with Crippen LogP contribution in [0.15, 0.2) is 24.3 Å². The molecule has 2 rings (SSSR count). The molecule has 0 atom stereocenters. The Hall–Kier alpha value is -2.10. The predicted molar refractivity (Wildman–Crippen MR) is 79.8 cm³/mol. The standard InChI is InChI=1S/C15H20N4/c1-5-14-17-13(16)9-15(18-14)19(4)12-7-6-10(2)8-11(12)3/h6-9H,5H2,1-4H3,(H2,16,17,18). The van der Waals surface area contributed by atoms with E-state index in [2.05, 4.69) is 42.0 Å². The van der Waals surface area contributed by atoms with E-state index in [0.29, 0.717) is 5.82 Å². The molecule has 4 heteroatoms. The lowest BCUT2D eigenvalue weighted by Crippen LogP contribution is -2.14. The maximum atomic E-state index is 5.84. The largest absolute Gasteiger partial charge is 0.384 e. The summed E-state index contributed by atoms with van der Waals surface area (Å²) in [6, 6.07) is 8.17. The molecule has 1 aromatic heterocycles. The molecule has 2 N–H and O–H groups in total. The van der Waals surface area contributed by atoms with Gasteiger partial charge in [-0.15, -0.1) is 0 Å². The summed E-state index contributed by atoms with van der Waals surface area (Å²) in [4.78, 5) is 10.8. The van der Waals surface area contributed by atoms with E-state index in [1.54, 1.807) is 6.07 Å². The number of benzene rings is 1. The number of aromatic nitrogens is 2. The van der Waals surface area contributed by atoms with Gasteiger partial charge >= 0.3 is 0 Å². The highest BCUT2D eigenvalue weighted by atomic mass is 15.2. The molecule has 0 aliphatic rings. The predicted octanol–water partition coefficient (Wildman–Crippen LogP) is 3.01. The zero-order valence-corrected chi connectivity index (χ0v) is 11.9. The molecule has 0 saturated carbocycles. The van der Waals surface area contributed by atoms with Gasteiger partial charge in [-0.05, 0) is 25.5 Å². The maximum Gasteiger partial charge on any atom is 0.138 e. The smallest absolute Gasteiger partial charge is 0.138 e. The van der Waals surface area contributed by atoms with Crippen molar-refractivity contribution in [2.24, 2.45) is 0 Å². The van der Waals surface area contributed by atoms with Crippen LogP contribution in [0.3, 0.4) is 0 Å². The molecule has 2 aromatic rings. The summed E-state index contributed by atoms with van der Waals surface area (Å²) < 4.78 is 0. The lowest BCUT2D eigenvalue weighted by Gasteiger charge is -2.21. The molecule has 0 aliphatic carbocycles. The molecular formula is C15H20N4. The average Bonchev–Trinajstić information content (AvgIpc) is 2.37. The van der Waals surface area contributed by atoms with E-state index in [1.165, 1.54) is 11.1 Å². The van der Waals surface area contributed by atoms with E-state index in [1.807, 2.05) is 18.9 Å². The summed E-state index contributed by atoms with van der Waals surface area (Å²) in [7, 11) is 2.00. The monoisotopic (exact) mass is 256 g/mol. The van der Waals surface area contributed by atoms with Crippen LogP contribution in [0.5, 0.6) is 0 Å². The van der Waals surface area contributed by atoms with Crippen LogP contribution in [-0.4, -0.2) is 17.0 Å². The zero-order chi connectivity index (χ0) is 14.0. The first-order valence-electron chi connectivity index (χ1n) is 6.45. The fraction of sp³-hybridized carbons (Fsp3) is 0.333. The second-order valence-corrected chi connectivity index (χ2v) is 4.77. The molecule has 1 heterocycles. The average molecular weight is 256 g/mol. The van der Waals surface area contributed by atoms with Crippen LogP contribution in [0.2, 0.25) is 0 Å². The van der Waals surface area contributed by atoms with Crippen molar-refractivity contribution in [1.82, 2.24) is 9.97 Å². The number of nitrogen functional groups attached to an aromatic ring is 1. The first-order chi connectivity index (χ1) is 9.01. The first kappa shape index (κ1) is 13.3. The van der Waals surface area contributed by atoms with Crippen molar-refractivity contribution in [2.45, 2.75) is 27.2 Å². The van der Waals surface area contributed by atoms with Crippen LogP contribution in [0.25, 0.3) is 0 Å². The minimum absolute atomic E-state index is 0.512. The van der Waals surface area contributed by atoms with Crippen LogP contribution >= 0.6 is 0 Å². The second kappa shape index (κ2) is 5.26. The van der Waals surface area contributed by atoms with Crippen molar-refractivity contribution >= 4 is 17.3 Å². The van der Waals surface area contributed by atoms with Gasteiger partial charge in [0, 0.05) is 25.2 Å². The maximum absolute atomic E-state index is 5.84. The van der Waals surface area contributed by atoms with E-state index in [-0.39, 0.29) is 0 Å². The summed E-state index contributed by atoms with van der Waals surface area (Å²) in [5.74, 6) is 2.11. The van der Waals surface area contributed by atoms with Crippen LogP contribution in [0.4, 0.5) is 17.3 Å². The fourth-order valence-electron chi connectivity index (χ4n) is 2.14. The van der Waals surface area contributed by atoms with Crippen LogP contribution in [0.1, 0.15) is 23.9 Å². The highest BCUT2D eigenvalue weighted by Crippen LogP contribution is 2.26. The zero-order valence-electron chi connectivity index (χ0n) is 11.9. The minimum Gasteiger partial charge on any atom is -0.384 e. The van der Waals surface area contributed by atoms with Gasteiger partial charge < -0.3 is 10.6 Å². The van der Waals surface area contributed by atoms with Crippen molar-refractivity contribution in [3.63, 3.8) is 0 Å². The summed E-state index contributed by atoms with van der Waals surface area (Å²) in [6.07, 6.45) is 0.777. The summed E-state index contributed by atoms with van der Waals surface area (Å²) in [5, 5.41) is 0. The van der Waals surface area contributed by atoms with Gasteiger partial charge in [0.15, 0.2) is 0 Å². The molecular weight excluding hydrogens is 236 g/mol. The highest BCUT2D eigenvalue weighted by molar-refractivity contribution is 5.64. The van der Waals surface area contributed by atoms with Gasteiger partial charge in [0.2, 0.25) is 0 Å². The van der Waals surface area contributed by atoms with Crippen molar-refractivity contribution in [2.75, 3.05) is 17.7 Å². The lowest BCUT2D eigenvalue weighted by atomic mass is 10.1. The van der Waals surface area contributed by atoms with Gasteiger partial charge in [0.05, 0.1) is 0 Å². The number of nitrogens with two attached hydrogens (primary N) is 1.